The number of nitrogens with one attached hydrogen (secondary N) is 2. The van der Waals surface area contributed by atoms with Gasteiger partial charge in [0, 0.05) is 18.1 Å². The number of amides is 1. The highest BCUT2D eigenvalue weighted by Crippen LogP contribution is 2.39. The summed E-state index contributed by atoms with van der Waals surface area (Å²) in [6, 6.07) is -0.754. The molecule has 0 saturated heterocycles. The largest absolute Gasteiger partial charge is 0.444 e. The Morgan fingerprint density at radius 1 is 1.05 bits per heavy atom. The molecule has 0 aliphatic heterocycles. The zero-order valence-electron chi connectivity index (χ0n) is 13.3. The second-order valence-electron chi connectivity index (χ2n) is 7.30. The number of hydrogen-bond donors (Lipinski definition) is 2. The quantitative estimate of drug-likeness (QED) is 0.838. The molecule has 1 amide bonds. The molecule has 7 heteroatoms. The van der Waals surface area contributed by atoms with Gasteiger partial charge in [-0.2, -0.15) is 13.2 Å². The molecule has 2 N–H and O–H groups in total. The number of ether oxygens (including phenoxy) is 1. The van der Waals surface area contributed by atoms with E-state index in [0.717, 1.165) is 6.42 Å². The first kappa shape index (κ1) is 17.4. The van der Waals surface area contributed by atoms with Crippen LogP contribution in [0.1, 0.15) is 52.9 Å². The van der Waals surface area contributed by atoms with E-state index >= 15 is 0 Å². The van der Waals surface area contributed by atoms with Crippen molar-refractivity contribution in [2.24, 2.45) is 5.92 Å². The lowest BCUT2D eigenvalue weighted by Crippen LogP contribution is -2.48. The van der Waals surface area contributed by atoms with Crippen LogP contribution in [0.3, 0.4) is 0 Å². The zero-order valence-corrected chi connectivity index (χ0v) is 13.3. The molecule has 4 unspecified atom stereocenters. The molecule has 2 aliphatic rings. The van der Waals surface area contributed by atoms with Crippen LogP contribution in [0.4, 0.5) is 18.0 Å². The Morgan fingerprint density at radius 2 is 1.68 bits per heavy atom. The molecule has 4 atom stereocenters. The lowest BCUT2D eigenvalue weighted by Gasteiger charge is -2.33. The van der Waals surface area contributed by atoms with E-state index in [0.29, 0.717) is 19.3 Å². The average Bonchev–Trinajstić information content (AvgIpc) is 3.03. The molecule has 0 heterocycles. The summed E-state index contributed by atoms with van der Waals surface area (Å²) in [6.07, 6.45) is -1.83. The molecule has 0 aromatic rings. The number of alkyl carbamates (subject to hydrolysis) is 1. The van der Waals surface area contributed by atoms with E-state index in [1.54, 1.807) is 20.8 Å². The van der Waals surface area contributed by atoms with E-state index in [9.17, 15) is 18.0 Å². The standard InChI is InChI=1S/C15H25F3N2O2/c1-14(2,3)22-13(21)20-12-8-11(12)19-10-7-5-4-6-9(10)15(16,17)18/h9-12,19H,4-8H2,1-3H3,(H,20,21). The van der Waals surface area contributed by atoms with Gasteiger partial charge in [0.25, 0.3) is 0 Å². The number of carbonyl (C=O) groups is 1. The van der Waals surface area contributed by atoms with Crippen molar-refractivity contribution in [2.75, 3.05) is 0 Å². The monoisotopic (exact) mass is 322 g/mol. The second kappa shape index (κ2) is 6.26. The maximum Gasteiger partial charge on any atom is 0.407 e. The topological polar surface area (TPSA) is 50.4 Å². The number of carbonyl (C=O) groups excluding carboxylic acids is 1. The van der Waals surface area contributed by atoms with E-state index < -0.39 is 29.8 Å². The Labute approximate surface area is 129 Å². The van der Waals surface area contributed by atoms with E-state index in [-0.39, 0.29) is 18.5 Å². The molecule has 22 heavy (non-hydrogen) atoms. The Kier molecular flexibility index (Phi) is 4.94. The van der Waals surface area contributed by atoms with E-state index in [4.69, 9.17) is 4.74 Å². The van der Waals surface area contributed by atoms with Gasteiger partial charge in [-0.05, 0) is 40.0 Å². The fraction of sp³-hybridized carbons (Fsp3) is 0.933. The fourth-order valence-corrected chi connectivity index (χ4v) is 2.99. The summed E-state index contributed by atoms with van der Waals surface area (Å²) in [4.78, 5) is 11.6. The molecule has 2 rings (SSSR count). The summed E-state index contributed by atoms with van der Waals surface area (Å²) < 4.78 is 44.2. The number of halogens is 3. The van der Waals surface area contributed by atoms with Gasteiger partial charge < -0.3 is 15.4 Å². The fourth-order valence-electron chi connectivity index (χ4n) is 2.99. The van der Waals surface area contributed by atoms with E-state index in [1.807, 2.05) is 0 Å². The van der Waals surface area contributed by atoms with Gasteiger partial charge in [-0.25, -0.2) is 4.79 Å². The molecule has 0 aromatic carbocycles. The lowest BCUT2D eigenvalue weighted by atomic mass is 9.84. The molecule has 128 valence electrons. The Morgan fingerprint density at radius 3 is 2.27 bits per heavy atom. The summed E-state index contributed by atoms with van der Waals surface area (Å²) in [6.45, 7) is 5.31. The third kappa shape index (κ3) is 5.04. The van der Waals surface area contributed by atoms with Crippen LogP contribution in [-0.4, -0.2) is 36.0 Å². The van der Waals surface area contributed by atoms with Gasteiger partial charge in [-0.3, -0.25) is 0 Å². The SMILES string of the molecule is CC(C)(C)OC(=O)NC1CC1NC1CCCCC1C(F)(F)F. The minimum Gasteiger partial charge on any atom is -0.444 e. The van der Waals surface area contributed by atoms with Gasteiger partial charge in [-0.15, -0.1) is 0 Å². The van der Waals surface area contributed by atoms with Crippen LogP contribution in [0, 0.1) is 5.92 Å². The van der Waals surface area contributed by atoms with Crippen molar-refractivity contribution in [2.45, 2.75) is 82.8 Å². The van der Waals surface area contributed by atoms with Crippen molar-refractivity contribution in [3.8, 4) is 0 Å². The third-order valence-corrected chi connectivity index (χ3v) is 4.11. The average molecular weight is 322 g/mol. The van der Waals surface area contributed by atoms with Gasteiger partial charge in [0.05, 0.1) is 5.92 Å². The molecular formula is C15H25F3N2O2. The van der Waals surface area contributed by atoms with Crippen LogP contribution < -0.4 is 10.6 Å². The molecule has 2 saturated carbocycles. The summed E-state index contributed by atoms with van der Waals surface area (Å²) in [5.74, 6) is -1.27. The van der Waals surface area contributed by atoms with Crippen molar-refractivity contribution in [3.63, 3.8) is 0 Å². The van der Waals surface area contributed by atoms with Crippen LogP contribution in [0.15, 0.2) is 0 Å². The normalized spacial score (nSPS) is 32.5. The summed E-state index contributed by atoms with van der Waals surface area (Å²) in [5, 5.41) is 5.78. The van der Waals surface area contributed by atoms with Gasteiger partial charge in [-0.1, -0.05) is 12.8 Å². The van der Waals surface area contributed by atoms with E-state index in [1.165, 1.54) is 0 Å². The number of hydrogen-bond acceptors (Lipinski definition) is 3. The number of alkyl halides is 3. The summed E-state index contributed by atoms with van der Waals surface area (Å²) in [7, 11) is 0. The van der Waals surface area contributed by atoms with Crippen LogP contribution in [-0.2, 0) is 4.74 Å². The van der Waals surface area contributed by atoms with Crippen LogP contribution in [0.2, 0.25) is 0 Å². The molecule has 2 fully saturated rings. The molecular weight excluding hydrogens is 297 g/mol. The van der Waals surface area contributed by atoms with E-state index in [2.05, 4.69) is 10.6 Å². The molecule has 0 aromatic heterocycles. The summed E-state index contributed by atoms with van der Waals surface area (Å²) in [5.41, 5.74) is -0.577. The first-order chi connectivity index (χ1) is 10.1. The Balaban J connectivity index is 1.79. The van der Waals surface area contributed by atoms with Gasteiger partial charge >= 0.3 is 12.3 Å². The van der Waals surface area contributed by atoms with Crippen molar-refractivity contribution in [3.05, 3.63) is 0 Å². The zero-order chi connectivity index (χ0) is 16.5. The molecule has 0 radical (unpaired) electrons. The predicted octanol–water partition coefficient (Wildman–Crippen LogP) is 3.36. The second-order valence-corrected chi connectivity index (χ2v) is 7.30. The lowest BCUT2D eigenvalue weighted by molar-refractivity contribution is -0.189. The highest BCUT2D eigenvalue weighted by Gasteiger charge is 2.48. The smallest absolute Gasteiger partial charge is 0.407 e. The van der Waals surface area contributed by atoms with Crippen molar-refractivity contribution in [1.82, 2.24) is 10.6 Å². The first-order valence-electron chi connectivity index (χ1n) is 7.88. The van der Waals surface area contributed by atoms with Gasteiger partial charge in [0.15, 0.2) is 0 Å². The maximum atomic E-state index is 13.0. The minimum absolute atomic E-state index is 0.0829. The minimum atomic E-state index is -4.15. The first-order valence-corrected chi connectivity index (χ1v) is 7.88. The number of rotatable bonds is 3. The highest BCUT2D eigenvalue weighted by molar-refractivity contribution is 5.68. The maximum absolute atomic E-state index is 13.0. The third-order valence-electron chi connectivity index (χ3n) is 4.11. The highest BCUT2D eigenvalue weighted by atomic mass is 19.4. The van der Waals surface area contributed by atoms with Crippen LogP contribution >= 0.6 is 0 Å². The van der Waals surface area contributed by atoms with Crippen molar-refractivity contribution in [1.29, 1.82) is 0 Å². The molecule has 0 bridgehead atoms. The van der Waals surface area contributed by atoms with Crippen molar-refractivity contribution < 1.29 is 22.7 Å². The summed E-state index contributed by atoms with van der Waals surface area (Å²) >= 11 is 0. The molecule has 4 nitrogen and oxygen atoms in total. The van der Waals surface area contributed by atoms with Gasteiger partial charge in [0.2, 0.25) is 0 Å². The predicted molar refractivity (Wildman–Crippen MR) is 76.5 cm³/mol. The Bertz CT molecular complexity index is 407. The molecule has 2 aliphatic carbocycles. The van der Waals surface area contributed by atoms with Gasteiger partial charge in [0.1, 0.15) is 5.60 Å². The molecule has 0 spiro atoms. The Hall–Kier alpha value is -0.980. The van der Waals surface area contributed by atoms with Crippen molar-refractivity contribution >= 4 is 6.09 Å². The van der Waals surface area contributed by atoms with Crippen LogP contribution in [0.25, 0.3) is 0 Å². The van der Waals surface area contributed by atoms with Crippen LogP contribution in [0.5, 0.6) is 0 Å².